The number of nitrogens with zero attached hydrogens (tertiary/aromatic N) is 1. The van der Waals surface area contributed by atoms with Gasteiger partial charge in [-0.25, -0.2) is 10.2 Å². The summed E-state index contributed by atoms with van der Waals surface area (Å²) in [5.74, 6) is -2.25. The van der Waals surface area contributed by atoms with Crippen molar-refractivity contribution in [3.63, 3.8) is 0 Å². The molecule has 0 radical (unpaired) electrons. The maximum Gasteiger partial charge on any atom is 0.341 e. The van der Waals surface area contributed by atoms with Crippen LogP contribution in [-0.4, -0.2) is 30.6 Å². The predicted octanol–water partition coefficient (Wildman–Crippen LogP) is 2.56. The molecule has 0 saturated heterocycles. The van der Waals surface area contributed by atoms with Gasteiger partial charge in [0, 0.05) is 9.75 Å². The fraction of sp³-hybridized carbons (Fsp3) is 0.294. The van der Waals surface area contributed by atoms with Gasteiger partial charge in [-0.15, -0.1) is 22.7 Å². The lowest BCUT2D eigenvalue weighted by atomic mass is 10.1. The second-order valence-electron chi connectivity index (χ2n) is 5.45. The number of carbonyl (C=O) groups excluding carboxylic acids is 3. The molecule has 9 heteroatoms. The fourth-order valence-corrected chi connectivity index (χ4v) is 4.50. The van der Waals surface area contributed by atoms with Gasteiger partial charge >= 0.3 is 17.8 Å². The first-order valence-electron chi connectivity index (χ1n) is 8.09. The second kappa shape index (κ2) is 8.24. The lowest BCUT2D eigenvalue weighted by Gasteiger charge is -2.07. The third kappa shape index (κ3) is 4.00. The molecule has 1 aliphatic carbocycles. The topological polar surface area (TPSA) is 96.9 Å². The Labute approximate surface area is 158 Å². The van der Waals surface area contributed by atoms with Gasteiger partial charge in [-0.05, 0) is 43.2 Å². The smallest absolute Gasteiger partial charge is 0.341 e. The van der Waals surface area contributed by atoms with E-state index in [9.17, 15) is 14.4 Å². The molecule has 2 heterocycles. The van der Waals surface area contributed by atoms with Gasteiger partial charge < -0.3 is 10.1 Å². The summed E-state index contributed by atoms with van der Waals surface area (Å²) in [6.45, 7) is 1.97. The molecule has 0 atom stereocenters. The van der Waals surface area contributed by atoms with Crippen molar-refractivity contribution in [2.45, 2.75) is 26.2 Å². The van der Waals surface area contributed by atoms with E-state index < -0.39 is 17.8 Å². The van der Waals surface area contributed by atoms with E-state index in [0.29, 0.717) is 10.6 Å². The standard InChI is InChI=1S/C17H17N3O4S2/c1-2-24-17(23)13-11-6-3-7-12(11)26-16(13)19-14(21)15(22)20-18-9-10-5-4-8-25-10/h4-5,8-9H,2-3,6-7H2,1H3,(H,19,21)(H,20,22)/b18-9+. The van der Waals surface area contributed by atoms with Gasteiger partial charge in [-0.2, -0.15) is 5.10 Å². The summed E-state index contributed by atoms with van der Waals surface area (Å²) in [4.78, 5) is 38.2. The number of hydrogen-bond acceptors (Lipinski definition) is 7. The zero-order valence-electron chi connectivity index (χ0n) is 14.0. The van der Waals surface area contributed by atoms with E-state index >= 15 is 0 Å². The molecular formula is C17H17N3O4S2. The fourth-order valence-electron chi connectivity index (χ4n) is 2.64. The van der Waals surface area contributed by atoms with Crippen molar-refractivity contribution < 1.29 is 19.1 Å². The number of hydrogen-bond donors (Lipinski definition) is 2. The molecule has 0 bridgehead atoms. The summed E-state index contributed by atoms with van der Waals surface area (Å²) in [5, 5.41) is 8.50. The van der Waals surface area contributed by atoms with Gasteiger partial charge in [0.15, 0.2) is 0 Å². The second-order valence-corrected chi connectivity index (χ2v) is 7.54. The van der Waals surface area contributed by atoms with Gasteiger partial charge in [0.05, 0.1) is 18.4 Å². The molecule has 0 unspecified atom stereocenters. The summed E-state index contributed by atoms with van der Waals surface area (Å²) in [7, 11) is 0. The van der Waals surface area contributed by atoms with Gasteiger partial charge in [0.1, 0.15) is 5.00 Å². The maximum atomic E-state index is 12.3. The molecule has 0 spiro atoms. The third-order valence-corrected chi connectivity index (χ3v) is 5.75. The normalized spacial score (nSPS) is 12.8. The van der Waals surface area contributed by atoms with E-state index in [1.165, 1.54) is 28.9 Å². The first-order valence-corrected chi connectivity index (χ1v) is 9.79. The monoisotopic (exact) mass is 391 g/mol. The Morgan fingerprint density at radius 3 is 2.88 bits per heavy atom. The number of rotatable bonds is 5. The Kier molecular flexibility index (Phi) is 5.79. The van der Waals surface area contributed by atoms with E-state index in [1.54, 1.807) is 6.92 Å². The predicted molar refractivity (Wildman–Crippen MR) is 101 cm³/mol. The zero-order chi connectivity index (χ0) is 18.5. The Bertz CT molecular complexity index is 856. The van der Waals surface area contributed by atoms with Crippen LogP contribution in [0.25, 0.3) is 0 Å². The average Bonchev–Trinajstić information content (AvgIpc) is 3.32. The number of fused-ring (bicyclic) bond motifs is 1. The van der Waals surface area contributed by atoms with E-state index in [0.717, 1.165) is 34.6 Å². The van der Waals surface area contributed by atoms with E-state index in [4.69, 9.17) is 4.74 Å². The minimum Gasteiger partial charge on any atom is -0.462 e. The minimum absolute atomic E-state index is 0.245. The van der Waals surface area contributed by atoms with Gasteiger partial charge in [0.2, 0.25) is 0 Å². The Hall–Kier alpha value is -2.52. The number of ether oxygens (including phenoxy) is 1. The van der Waals surface area contributed by atoms with Crippen LogP contribution in [0, 0.1) is 0 Å². The molecule has 2 N–H and O–H groups in total. The summed E-state index contributed by atoms with van der Waals surface area (Å²) in [5.41, 5.74) is 3.46. The summed E-state index contributed by atoms with van der Waals surface area (Å²) in [6, 6.07) is 3.69. The number of thiophene rings is 2. The van der Waals surface area contributed by atoms with Gasteiger partial charge in [0.25, 0.3) is 0 Å². The van der Waals surface area contributed by atoms with Gasteiger partial charge in [-0.3, -0.25) is 9.59 Å². The average molecular weight is 391 g/mol. The molecule has 3 rings (SSSR count). The highest BCUT2D eigenvalue weighted by Gasteiger charge is 2.29. The SMILES string of the molecule is CCOC(=O)c1c(NC(=O)C(=O)N/N=C/c2cccs2)sc2c1CCC2. The van der Waals surface area contributed by atoms with E-state index in [1.807, 2.05) is 17.5 Å². The number of nitrogens with one attached hydrogen (secondary N) is 2. The number of hydrazone groups is 1. The first-order chi connectivity index (χ1) is 12.6. The van der Waals surface area contributed by atoms with Crippen molar-refractivity contribution in [1.29, 1.82) is 0 Å². The largest absolute Gasteiger partial charge is 0.462 e. The molecule has 2 amide bonds. The summed E-state index contributed by atoms with van der Waals surface area (Å²) in [6.07, 6.45) is 4.06. The lowest BCUT2D eigenvalue weighted by Crippen LogP contribution is -2.32. The summed E-state index contributed by atoms with van der Waals surface area (Å²) < 4.78 is 5.09. The van der Waals surface area contributed by atoms with Gasteiger partial charge in [-0.1, -0.05) is 6.07 Å². The quantitative estimate of drug-likeness (QED) is 0.354. The Balaban J connectivity index is 1.69. The van der Waals surface area contributed by atoms with Crippen LogP contribution < -0.4 is 10.7 Å². The van der Waals surface area contributed by atoms with Crippen LogP contribution in [0.1, 0.15) is 39.0 Å². The first kappa shape index (κ1) is 18.3. The van der Waals surface area contributed by atoms with Crippen LogP contribution >= 0.6 is 22.7 Å². The Morgan fingerprint density at radius 2 is 2.15 bits per heavy atom. The van der Waals surface area contributed by atoms with Crippen molar-refractivity contribution in [2.75, 3.05) is 11.9 Å². The van der Waals surface area contributed by atoms with Crippen LogP contribution in [0.4, 0.5) is 5.00 Å². The molecule has 26 heavy (non-hydrogen) atoms. The van der Waals surface area contributed by atoms with Crippen LogP contribution in [-0.2, 0) is 27.2 Å². The highest BCUT2D eigenvalue weighted by molar-refractivity contribution is 7.17. The highest BCUT2D eigenvalue weighted by atomic mass is 32.1. The molecule has 2 aromatic heterocycles. The summed E-state index contributed by atoms with van der Waals surface area (Å²) >= 11 is 2.78. The molecule has 0 fully saturated rings. The zero-order valence-corrected chi connectivity index (χ0v) is 15.7. The van der Waals surface area contributed by atoms with Crippen molar-refractivity contribution in [3.05, 3.63) is 38.4 Å². The molecular weight excluding hydrogens is 374 g/mol. The van der Waals surface area contributed by atoms with Crippen molar-refractivity contribution >= 4 is 51.7 Å². The van der Waals surface area contributed by atoms with Crippen molar-refractivity contribution in [2.24, 2.45) is 5.10 Å². The lowest BCUT2D eigenvalue weighted by molar-refractivity contribution is -0.136. The van der Waals surface area contributed by atoms with E-state index in [-0.39, 0.29) is 6.61 Å². The van der Waals surface area contributed by atoms with Crippen LogP contribution in [0.2, 0.25) is 0 Å². The molecule has 0 saturated carbocycles. The van der Waals surface area contributed by atoms with E-state index in [2.05, 4.69) is 15.8 Å². The van der Waals surface area contributed by atoms with Crippen LogP contribution in [0.15, 0.2) is 22.6 Å². The Morgan fingerprint density at radius 1 is 1.31 bits per heavy atom. The van der Waals surface area contributed by atoms with Crippen LogP contribution in [0.3, 0.4) is 0 Å². The highest BCUT2D eigenvalue weighted by Crippen LogP contribution is 2.39. The minimum atomic E-state index is -0.902. The molecule has 1 aliphatic rings. The number of aryl methyl sites for hydroxylation is 1. The molecule has 7 nitrogen and oxygen atoms in total. The van der Waals surface area contributed by atoms with Crippen LogP contribution in [0.5, 0.6) is 0 Å². The number of anilines is 1. The van der Waals surface area contributed by atoms with Crippen molar-refractivity contribution in [1.82, 2.24) is 5.43 Å². The number of amides is 2. The maximum absolute atomic E-state index is 12.3. The molecule has 0 aromatic carbocycles. The third-order valence-electron chi connectivity index (χ3n) is 3.74. The molecule has 0 aliphatic heterocycles. The van der Waals surface area contributed by atoms with Crippen molar-refractivity contribution in [3.8, 4) is 0 Å². The molecule has 2 aromatic rings. The molecule has 136 valence electrons. The number of carbonyl (C=O) groups is 3. The number of esters is 1.